The SMILES string of the molecule is Cc1cc(CO)cc(Oc2ccccc2)n1. The number of nitrogens with zero attached hydrogens (tertiary/aromatic N) is 1. The highest BCUT2D eigenvalue weighted by molar-refractivity contribution is 5.30. The van der Waals surface area contributed by atoms with Crippen molar-refractivity contribution in [3.63, 3.8) is 0 Å². The van der Waals surface area contributed by atoms with Crippen LogP contribution < -0.4 is 4.74 Å². The van der Waals surface area contributed by atoms with Crippen LogP contribution in [0.25, 0.3) is 0 Å². The van der Waals surface area contributed by atoms with E-state index in [0.29, 0.717) is 5.88 Å². The summed E-state index contributed by atoms with van der Waals surface area (Å²) in [7, 11) is 0. The third-order valence-corrected chi connectivity index (χ3v) is 2.14. The third-order valence-electron chi connectivity index (χ3n) is 2.14. The van der Waals surface area contributed by atoms with Gasteiger partial charge in [0.25, 0.3) is 0 Å². The Morgan fingerprint density at radius 1 is 1.19 bits per heavy atom. The molecule has 0 saturated carbocycles. The van der Waals surface area contributed by atoms with Crippen LogP contribution in [-0.4, -0.2) is 10.1 Å². The van der Waals surface area contributed by atoms with E-state index in [9.17, 15) is 0 Å². The van der Waals surface area contributed by atoms with E-state index in [1.165, 1.54) is 0 Å². The van der Waals surface area contributed by atoms with Crippen molar-refractivity contribution in [3.8, 4) is 11.6 Å². The first-order chi connectivity index (χ1) is 7.78. The zero-order chi connectivity index (χ0) is 11.4. The number of aliphatic hydroxyl groups is 1. The average molecular weight is 215 g/mol. The lowest BCUT2D eigenvalue weighted by Gasteiger charge is -2.06. The van der Waals surface area contributed by atoms with Gasteiger partial charge in [0.15, 0.2) is 0 Å². The largest absolute Gasteiger partial charge is 0.439 e. The molecule has 0 amide bonds. The first kappa shape index (κ1) is 10.6. The molecule has 1 aromatic carbocycles. The van der Waals surface area contributed by atoms with Crippen molar-refractivity contribution in [2.24, 2.45) is 0 Å². The van der Waals surface area contributed by atoms with Gasteiger partial charge >= 0.3 is 0 Å². The van der Waals surface area contributed by atoms with Crippen LogP contribution in [0.1, 0.15) is 11.3 Å². The Morgan fingerprint density at radius 3 is 2.62 bits per heavy atom. The van der Waals surface area contributed by atoms with Gasteiger partial charge in [0, 0.05) is 11.8 Å². The lowest BCUT2D eigenvalue weighted by molar-refractivity contribution is 0.281. The Bertz CT molecular complexity index is 469. The number of ether oxygens (including phenoxy) is 1. The Labute approximate surface area is 94.3 Å². The summed E-state index contributed by atoms with van der Waals surface area (Å²) in [5.74, 6) is 1.25. The van der Waals surface area contributed by atoms with E-state index in [2.05, 4.69) is 4.98 Å². The minimum Gasteiger partial charge on any atom is -0.439 e. The fraction of sp³-hybridized carbons (Fsp3) is 0.154. The first-order valence-electron chi connectivity index (χ1n) is 5.09. The maximum Gasteiger partial charge on any atom is 0.219 e. The van der Waals surface area contributed by atoms with Gasteiger partial charge in [0.2, 0.25) is 5.88 Å². The van der Waals surface area contributed by atoms with Gasteiger partial charge in [-0.15, -0.1) is 0 Å². The molecule has 1 heterocycles. The molecule has 2 aromatic rings. The van der Waals surface area contributed by atoms with Crippen molar-refractivity contribution >= 4 is 0 Å². The number of aromatic nitrogens is 1. The van der Waals surface area contributed by atoms with E-state index in [0.717, 1.165) is 17.0 Å². The van der Waals surface area contributed by atoms with Crippen molar-refractivity contribution in [2.75, 3.05) is 0 Å². The Hall–Kier alpha value is -1.87. The molecule has 0 unspecified atom stereocenters. The summed E-state index contributed by atoms with van der Waals surface area (Å²) in [6, 6.07) is 13.0. The maximum absolute atomic E-state index is 9.07. The molecule has 2 rings (SSSR count). The van der Waals surface area contributed by atoms with Crippen LogP contribution in [0.15, 0.2) is 42.5 Å². The van der Waals surface area contributed by atoms with Gasteiger partial charge in [0.05, 0.1) is 6.61 Å². The summed E-state index contributed by atoms with van der Waals surface area (Å²) in [5, 5.41) is 9.07. The monoisotopic (exact) mass is 215 g/mol. The molecule has 16 heavy (non-hydrogen) atoms. The number of benzene rings is 1. The highest BCUT2D eigenvalue weighted by Gasteiger charge is 2.01. The van der Waals surface area contributed by atoms with Crippen molar-refractivity contribution in [3.05, 3.63) is 53.7 Å². The quantitative estimate of drug-likeness (QED) is 0.855. The number of hydrogen-bond acceptors (Lipinski definition) is 3. The zero-order valence-electron chi connectivity index (χ0n) is 9.05. The lowest BCUT2D eigenvalue weighted by Crippen LogP contribution is -1.93. The summed E-state index contributed by atoms with van der Waals surface area (Å²) in [5.41, 5.74) is 1.64. The van der Waals surface area contributed by atoms with Crippen molar-refractivity contribution in [1.29, 1.82) is 0 Å². The molecule has 0 aliphatic heterocycles. The van der Waals surface area contributed by atoms with E-state index in [1.807, 2.05) is 43.3 Å². The minimum atomic E-state index is -0.00545. The van der Waals surface area contributed by atoms with Gasteiger partial charge in [-0.2, -0.15) is 0 Å². The van der Waals surface area contributed by atoms with Gasteiger partial charge in [-0.05, 0) is 30.7 Å². The van der Waals surface area contributed by atoms with Gasteiger partial charge in [-0.25, -0.2) is 4.98 Å². The number of pyridine rings is 1. The molecule has 0 saturated heterocycles. The molecule has 0 atom stereocenters. The fourth-order valence-electron chi connectivity index (χ4n) is 1.46. The number of hydrogen-bond donors (Lipinski definition) is 1. The molecular formula is C13H13NO2. The maximum atomic E-state index is 9.07. The van der Waals surface area contributed by atoms with E-state index in [-0.39, 0.29) is 6.61 Å². The molecule has 3 heteroatoms. The second kappa shape index (κ2) is 4.77. The molecule has 3 nitrogen and oxygen atoms in total. The average Bonchev–Trinajstić information content (AvgIpc) is 2.29. The molecule has 0 radical (unpaired) electrons. The Morgan fingerprint density at radius 2 is 1.94 bits per heavy atom. The first-order valence-corrected chi connectivity index (χ1v) is 5.09. The summed E-state index contributed by atoms with van der Waals surface area (Å²) in [6.45, 7) is 1.87. The van der Waals surface area contributed by atoms with Crippen LogP contribution >= 0.6 is 0 Å². The predicted molar refractivity (Wildman–Crippen MR) is 61.4 cm³/mol. The second-order valence-corrected chi connectivity index (χ2v) is 3.53. The highest BCUT2D eigenvalue weighted by atomic mass is 16.5. The molecular weight excluding hydrogens is 202 g/mol. The Kier molecular flexibility index (Phi) is 3.17. The van der Waals surface area contributed by atoms with Crippen LogP contribution in [0.5, 0.6) is 11.6 Å². The summed E-state index contributed by atoms with van der Waals surface area (Å²) >= 11 is 0. The van der Waals surface area contributed by atoms with Gasteiger partial charge in [-0.1, -0.05) is 18.2 Å². The fourth-order valence-corrected chi connectivity index (χ4v) is 1.46. The minimum absolute atomic E-state index is 0.00545. The summed E-state index contributed by atoms with van der Waals surface area (Å²) in [4.78, 5) is 4.24. The van der Waals surface area contributed by atoms with Crippen LogP contribution in [-0.2, 0) is 6.61 Å². The highest BCUT2D eigenvalue weighted by Crippen LogP contribution is 2.20. The number of para-hydroxylation sites is 1. The smallest absolute Gasteiger partial charge is 0.219 e. The van der Waals surface area contributed by atoms with E-state index >= 15 is 0 Å². The number of aryl methyl sites for hydroxylation is 1. The number of aliphatic hydroxyl groups excluding tert-OH is 1. The van der Waals surface area contributed by atoms with E-state index < -0.39 is 0 Å². The lowest BCUT2D eigenvalue weighted by atomic mass is 10.2. The molecule has 0 fully saturated rings. The van der Waals surface area contributed by atoms with E-state index in [1.54, 1.807) is 6.07 Å². The van der Waals surface area contributed by atoms with Crippen molar-refractivity contribution in [1.82, 2.24) is 4.98 Å². The second-order valence-electron chi connectivity index (χ2n) is 3.53. The predicted octanol–water partition coefficient (Wildman–Crippen LogP) is 2.67. The van der Waals surface area contributed by atoms with Gasteiger partial charge in [0.1, 0.15) is 5.75 Å². The third kappa shape index (κ3) is 2.58. The summed E-state index contributed by atoms with van der Waals surface area (Å²) < 4.78 is 5.58. The molecule has 82 valence electrons. The summed E-state index contributed by atoms with van der Waals surface area (Å²) in [6.07, 6.45) is 0. The van der Waals surface area contributed by atoms with Crippen LogP contribution in [0.2, 0.25) is 0 Å². The number of rotatable bonds is 3. The molecule has 0 aliphatic rings. The van der Waals surface area contributed by atoms with Gasteiger partial charge in [-0.3, -0.25) is 0 Å². The zero-order valence-corrected chi connectivity index (χ0v) is 9.05. The molecule has 1 aromatic heterocycles. The molecule has 0 spiro atoms. The van der Waals surface area contributed by atoms with Crippen molar-refractivity contribution in [2.45, 2.75) is 13.5 Å². The Balaban J connectivity index is 2.24. The van der Waals surface area contributed by atoms with Crippen LogP contribution in [0.3, 0.4) is 0 Å². The van der Waals surface area contributed by atoms with Gasteiger partial charge < -0.3 is 9.84 Å². The standard InChI is InChI=1S/C13H13NO2/c1-10-7-11(9-15)8-13(14-10)16-12-5-3-2-4-6-12/h2-8,15H,9H2,1H3. The topological polar surface area (TPSA) is 42.4 Å². The van der Waals surface area contributed by atoms with Crippen LogP contribution in [0, 0.1) is 6.92 Å². The molecule has 0 bridgehead atoms. The van der Waals surface area contributed by atoms with Crippen LogP contribution in [0.4, 0.5) is 0 Å². The van der Waals surface area contributed by atoms with Crippen molar-refractivity contribution < 1.29 is 9.84 Å². The molecule has 0 aliphatic carbocycles. The normalized spacial score (nSPS) is 10.1. The van der Waals surface area contributed by atoms with E-state index in [4.69, 9.17) is 9.84 Å². The molecule has 1 N–H and O–H groups in total.